The average molecular weight is 201 g/mol. The molecule has 0 amide bonds. The SMILES string of the molecule is COC(C)(C)CCN1CCC(CO)C1. The van der Waals surface area contributed by atoms with Crippen molar-refractivity contribution in [1.29, 1.82) is 0 Å². The molecule has 84 valence electrons. The monoisotopic (exact) mass is 201 g/mol. The first kappa shape index (κ1) is 12.0. The van der Waals surface area contributed by atoms with Gasteiger partial charge in [-0.2, -0.15) is 0 Å². The molecular weight excluding hydrogens is 178 g/mol. The van der Waals surface area contributed by atoms with Gasteiger partial charge in [0.15, 0.2) is 0 Å². The Morgan fingerprint density at radius 2 is 2.21 bits per heavy atom. The molecule has 14 heavy (non-hydrogen) atoms. The van der Waals surface area contributed by atoms with E-state index in [-0.39, 0.29) is 5.60 Å². The van der Waals surface area contributed by atoms with Crippen LogP contribution in [0.4, 0.5) is 0 Å². The molecule has 0 bridgehead atoms. The second kappa shape index (κ2) is 5.10. The largest absolute Gasteiger partial charge is 0.396 e. The third kappa shape index (κ3) is 3.56. The lowest BCUT2D eigenvalue weighted by molar-refractivity contribution is 0.00865. The Morgan fingerprint density at radius 3 is 2.71 bits per heavy atom. The quantitative estimate of drug-likeness (QED) is 0.723. The van der Waals surface area contributed by atoms with Crippen molar-refractivity contribution < 1.29 is 9.84 Å². The normalized spacial score (nSPS) is 24.4. The standard InChI is InChI=1S/C11H23NO2/c1-11(2,14-3)5-7-12-6-4-10(8-12)9-13/h10,13H,4-9H2,1-3H3. The second-order valence-corrected chi connectivity index (χ2v) is 4.85. The Balaban J connectivity index is 2.20. The molecule has 0 aromatic heterocycles. The Bertz CT molecular complexity index is 171. The molecule has 1 atom stereocenters. The summed E-state index contributed by atoms with van der Waals surface area (Å²) in [5, 5.41) is 9.01. The molecule has 1 aliphatic heterocycles. The van der Waals surface area contributed by atoms with Gasteiger partial charge in [0.1, 0.15) is 0 Å². The van der Waals surface area contributed by atoms with Gasteiger partial charge >= 0.3 is 0 Å². The highest BCUT2D eigenvalue weighted by molar-refractivity contribution is 4.77. The topological polar surface area (TPSA) is 32.7 Å². The van der Waals surface area contributed by atoms with Crippen LogP contribution in [0.5, 0.6) is 0 Å². The summed E-state index contributed by atoms with van der Waals surface area (Å²) in [4.78, 5) is 2.42. The Labute approximate surface area is 87.1 Å². The van der Waals surface area contributed by atoms with E-state index in [0.717, 1.165) is 32.5 Å². The summed E-state index contributed by atoms with van der Waals surface area (Å²) >= 11 is 0. The van der Waals surface area contributed by atoms with E-state index in [0.29, 0.717) is 12.5 Å². The molecule has 1 N–H and O–H groups in total. The highest BCUT2D eigenvalue weighted by Gasteiger charge is 2.24. The third-order valence-electron chi connectivity index (χ3n) is 3.21. The molecule has 1 unspecified atom stereocenters. The van der Waals surface area contributed by atoms with Crippen LogP contribution in [0.1, 0.15) is 26.7 Å². The minimum Gasteiger partial charge on any atom is -0.396 e. The molecule has 0 spiro atoms. The van der Waals surface area contributed by atoms with E-state index in [2.05, 4.69) is 18.7 Å². The first-order valence-corrected chi connectivity index (χ1v) is 5.46. The van der Waals surface area contributed by atoms with Crippen LogP contribution >= 0.6 is 0 Å². The van der Waals surface area contributed by atoms with E-state index in [1.165, 1.54) is 0 Å². The van der Waals surface area contributed by atoms with Crippen LogP contribution in [-0.4, -0.2) is 49.0 Å². The van der Waals surface area contributed by atoms with Crippen LogP contribution in [0.2, 0.25) is 0 Å². The van der Waals surface area contributed by atoms with Crippen LogP contribution in [0.25, 0.3) is 0 Å². The molecule has 0 radical (unpaired) electrons. The molecular formula is C11H23NO2. The maximum Gasteiger partial charge on any atom is 0.0634 e. The number of rotatable bonds is 5. The molecule has 3 nitrogen and oxygen atoms in total. The van der Waals surface area contributed by atoms with Gasteiger partial charge in [-0.25, -0.2) is 0 Å². The summed E-state index contributed by atoms with van der Waals surface area (Å²) in [6.07, 6.45) is 2.20. The molecule has 1 aliphatic rings. The van der Waals surface area contributed by atoms with Gasteiger partial charge in [0.2, 0.25) is 0 Å². The van der Waals surface area contributed by atoms with E-state index >= 15 is 0 Å². The molecule has 3 heteroatoms. The van der Waals surface area contributed by atoms with Crippen molar-refractivity contribution >= 4 is 0 Å². The van der Waals surface area contributed by atoms with E-state index in [9.17, 15) is 0 Å². The van der Waals surface area contributed by atoms with Crippen LogP contribution < -0.4 is 0 Å². The maximum atomic E-state index is 9.01. The van der Waals surface area contributed by atoms with Gasteiger partial charge in [0.25, 0.3) is 0 Å². The zero-order valence-electron chi connectivity index (χ0n) is 9.62. The Kier molecular flexibility index (Phi) is 4.35. The molecule has 1 fully saturated rings. The van der Waals surface area contributed by atoms with Gasteiger partial charge < -0.3 is 14.7 Å². The molecule has 0 saturated carbocycles. The molecule has 0 aliphatic carbocycles. The number of hydrogen-bond donors (Lipinski definition) is 1. The summed E-state index contributed by atoms with van der Waals surface area (Å²) in [5.74, 6) is 0.501. The predicted molar refractivity (Wildman–Crippen MR) is 57.3 cm³/mol. The number of aliphatic hydroxyl groups is 1. The van der Waals surface area contributed by atoms with Crippen molar-refractivity contribution in [3.63, 3.8) is 0 Å². The number of hydrogen-bond acceptors (Lipinski definition) is 3. The zero-order valence-corrected chi connectivity index (χ0v) is 9.62. The van der Waals surface area contributed by atoms with Crippen LogP contribution in [0.3, 0.4) is 0 Å². The summed E-state index contributed by atoms with van der Waals surface area (Å²) < 4.78 is 5.37. The van der Waals surface area contributed by atoms with Crippen molar-refractivity contribution in [3.8, 4) is 0 Å². The van der Waals surface area contributed by atoms with E-state index in [1.807, 2.05) is 0 Å². The lowest BCUT2D eigenvalue weighted by atomic mass is 10.1. The smallest absolute Gasteiger partial charge is 0.0634 e. The number of nitrogens with zero attached hydrogens (tertiary/aromatic N) is 1. The van der Waals surface area contributed by atoms with E-state index in [4.69, 9.17) is 9.84 Å². The molecule has 1 rings (SSSR count). The molecule has 0 aromatic rings. The van der Waals surface area contributed by atoms with Gasteiger partial charge in [-0.1, -0.05) is 0 Å². The molecule has 1 saturated heterocycles. The van der Waals surface area contributed by atoms with E-state index in [1.54, 1.807) is 7.11 Å². The Morgan fingerprint density at radius 1 is 1.50 bits per heavy atom. The Hall–Kier alpha value is -0.120. The van der Waals surface area contributed by atoms with Crippen molar-refractivity contribution in [2.45, 2.75) is 32.3 Å². The predicted octanol–water partition coefficient (Wildman–Crippen LogP) is 1.12. The molecule has 0 aromatic carbocycles. The molecule has 1 heterocycles. The van der Waals surface area contributed by atoms with Crippen molar-refractivity contribution in [2.24, 2.45) is 5.92 Å². The van der Waals surface area contributed by atoms with Crippen molar-refractivity contribution in [1.82, 2.24) is 4.90 Å². The van der Waals surface area contributed by atoms with Crippen molar-refractivity contribution in [3.05, 3.63) is 0 Å². The maximum absolute atomic E-state index is 9.01. The van der Waals surface area contributed by atoms with Crippen molar-refractivity contribution in [2.75, 3.05) is 33.4 Å². The number of aliphatic hydroxyl groups excluding tert-OH is 1. The minimum absolute atomic E-state index is 0.0166. The average Bonchev–Trinajstić information content (AvgIpc) is 2.63. The fourth-order valence-electron chi connectivity index (χ4n) is 1.79. The van der Waals surface area contributed by atoms with Gasteiger partial charge in [0, 0.05) is 26.8 Å². The first-order valence-electron chi connectivity index (χ1n) is 5.46. The summed E-state index contributed by atoms with van der Waals surface area (Å²) in [6.45, 7) is 7.84. The summed E-state index contributed by atoms with van der Waals surface area (Å²) in [7, 11) is 1.76. The lowest BCUT2D eigenvalue weighted by Crippen LogP contribution is -2.31. The van der Waals surface area contributed by atoms with Gasteiger partial charge in [-0.05, 0) is 39.2 Å². The lowest BCUT2D eigenvalue weighted by Gasteiger charge is -2.26. The fourth-order valence-corrected chi connectivity index (χ4v) is 1.79. The van der Waals surface area contributed by atoms with Crippen LogP contribution in [0.15, 0.2) is 0 Å². The highest BCUT2D eigenvalue weighted by atomic mass is 16.5. The number of likely N-dealkylation sites (tertiary alicyclic amines) is 1. The van der Waals surface area contributed by atoms with Gasteiger partial charge in [-0.15, -0.1) is 0 Å². The first-order chi connectivity index (χ1) is 6.57. The van der Waals surface area contributed by atoms with Gasteiger partial charge in [-0.3, -0.25) is 0 Å². The highest BCUT2D eigenvalue weighted by Crippen LogP contribution is 2.19. The van der Waals surface area contributed by atoms with Crippen LogP contribution in [-0.2, 0) is 4.74 Å². The van der Waals surface area contributed by atoms with E-state index < -0.39 is 0 Å². The minimum atomic E-state index is -0.0166. The summed E-state index contributed by atoms with van der Waals surface area (Å²) in [5.41, 5.74) is -0.0166. The number of methoxy groups -OCH3 is 1. The fraction of sp³-hybridized carbons (Fsp3) is 1.00. The zero-order chi connectivity index (χ0) is 10.6. The number of ether oxygens (including phenoxy) is 1. The van der Waals surface area contributed by atoms with Gasteiger partial charge in [0.05, 0.1) is 5.60 Å². The summed E-state index contributed by atoms with van der Waals surface area (Å²) in [6, 6.07) is 0. The third-order valence-corrected chi connectivity index (χ3v) is 3.21. The second-order valence-electron chi connectivity index (χ2n) is 4.85. The van der Waals surface area contributed by atoms with Crippen LogP contribution in [0, 0.1) is 5.92 Å².